The van der Waals surface area contributed by atoms with Gasteiger partial charge in [-0.05, 0) is 12.1 Å². The Balaban J connectivity index is 1.90. The van der Waals surface area contributed by atoms with Crippen molar-refractivity contribution in [2.24, 2.45) is 0 Å². The van der Waals surface area contributed by atoms with Crippen molar-refractivity contribution in [3.63, 3.8) is 0 Å². The molecule has 8 nitrogen and oxygen atoms in total. The molecule has 114 valence electrons. The minimum atomic E-state index is -0.814. The second-order valence-corrected chi connectivity index (χ2v) is 4.15. The van der Waals surface area contributed by atoms with E-state index in [4.69, 9.17) is 15.2 Å². The van der Waals surface area contributed by atoms with Gasteiger partial charge < -0.3 is 20.5 Å². The van der Waals surface area contributed by atoms with Crippen molar-refractivity contribution in [2.75, 3.05) is 24.8 Å². The monoisotopic (exact) mass is 302 g/mol. The summed E-state index contributed by atoms with van der Waals surface area (Å²) in [5, 5.41) is 2.57. The SMILES string of the molecule is COc1cccc(NC(=O)COC(=O)c2nccnc2N)c1. The number of carbonyl (C=O) groups is 2. The predicted octanol–water partition coefficient (Wildman–Crippen LogP) is 0.863. The zero-order valence-electron chi connectivity index (χ0n) is 11.8. The fourth-order valence-corrected chi connectivity index (χ4v) is 1.60. The van der Waals surface area contributed by atoms with E-state index in [9.17, 15) is 9.59 Å². The van der Waals surface area contributed by atoms with Gasteiger partial charge in [-0.1, -0.05) is 6.07 Å². The van der Waals surface area contributed by atoms with Gasteiger partial charge in [0.05, 0.1) is 7.11 Å². The van der Waals surface area contributed by atoms with Gasteiger partial charge in [-0.2, -0.15) is 0 Å². The molecule has 0 saturated heterocycles. The van der Waals surface area contributed by atoms with Crippen molar-refractivity contribution >= 4 is 23.4 Å². The summed E-state index contributed by atoms with van der Waals surface area (Å²) in [5.74, 6) is -0.765. The average Bonchev–Trinajstić information content (AvgIpc) is 2.53. The van der Waals surface area contributed by atoms with Crippen LogP contribution >= 0.6 is 0 Å². The number of nitrogens with one attached hydrogen (secondary N) is 1. The first kappa shape index (κ1) is 15.2. The first-order valence-electron chi connectivity index (χ1n) is 6.27. The summed E-state index contributed by atoms with van der Waals surface area (Å²) in [6, 6.07) is 6.79. The molecule has 1 aromatic carbocycles. The fourth-order valence-electron chi connectivity index (χ4n) is 1.60. The van der Waals surface area contributed by atoms with Crippen molar-refractivity contribution in [1.82, 2.24) is 9.97 Å². The first-order valence-corrected chi connectivity index (χ1v) is 6.27. The molecular weight excluding hydrogens is 288 g/mol. The van der Waals surface area contributed by atoms with E-state index in [2.05, 4.69) is 15.3 Å². The van der Waals surface area contributed by atoms with Crippen molar-refractivity contribution in [1.29, 1.82) is 0 Å². The molecule has 0 unspecified atom stereocenters. The van der Waals surface area contributed by atoms with E-state index in [0.29, 0.717) is 11.4 Å². The Morgan fingerprint density at radius 2 is 2.05 bits per heavy atom. The molecule has 0 atom stereocenters. The number of carbonyl (C=O) groups excluding carboxylic acids is 2. The Morgan fingerprint density at radius 1 is 1.27 bits per heavy atom. The van der Waals surface area contributed by atoms with Gasteiger partial charge >= 0.3 is 5.97 Å². The summed E-state index contributed by atoms with van der Waals surface area (Å²) in [5.41, 5.74) is 5.89. The van der Waals surface area contributed by atoms with Crippen LogP contribution in [0.5, 0.6) is 5.75 Å². The number of esters is 1. The van der Waals surface area contributed by atoms with Gasteiger partial charge in [-0.3, -0.25) is 4.79 Å². The van der Waals surface area contributed by atoms with Crippen LogP contribution in [0.3, 0.4) is 0 Å². The van der Waals surface area contributed by atoms with E-state index in [-0.39, 0.29) is 11.5 Å². The van der Waals surface area contributed by atoms with E-state index in [1.54, 1.807) is 24.3 Å². The van der Waals surface area contributed by atoms with Crippen LogP contribution in [0.1, 0.15) is 10.5 Å². The Kier molecular flexibility index (Phi) is 4.86. The van der Waals surface area contributed by atoms with Gasteiger partial charge in [0.2, 0.25) is 0 Å². The number of hydrogen-bond donors (Lipinski definition) is 2. The molecule has 2 rings (SSSR count). The normalized spacial score (nSPS) is 9.86. The van der Waals surface area contributed by atoms with Gasteiger partial charge in [-0.15, -0.1) is 0 Å². The number of methoxy groups -OCH3 is 1. The smallest absolute Gasteiger partial charge is 0.361 e. The Bertz CT molecular complexity index is 690. The highest BCUT2D eigenvalue weighted by Gasteiger charge is 2.15. The van der Waals surface area contributed by atoms with E-state index in [0.717, 1.165) is 0 Å². The Hall–Kier alpha value is -3.16. The van der Waals surface area contributed by atoms with Gasteiger partial charge in [0, 0.05) is 24.1 Å². The van der Waals surface area contributed by atoms with Gasteiger partial charge in [-0.25, -0.2) is 14.8 Å². The molecule has 2 aromatic rings. The second kappa shape index (κ2) is 7.02. The van der Waals surface area contributed by atoms with Gasteiger partial charge in [0.1, 0.15) is 5.75 Å². The number of amides is 1. The molecule has 8 heteroatoms. The third kappa shape index (κ3) is 3.92. The van der Waals surface area contributed by atoms with E-state index in [1.807, 2.05) is 0 Å². The van der Waals surface area contributed by atoms with Crippen molar-refractivity contribution in [2.45, 2.75) is 0 Å². The van der Waals surface area contributed by atoms with Crippen LogP contribution in [-0.2, 0) is 9.53 Å². The van der Waals surface area contributed by atoms with Crippen LogP contribution < -0.4 is 15.8 Å². The molecule has 1 amide bonds. The van der Waals surface area contributed by atoms with Crippen molar-refractivity contribution < 1.29 is 19.1 Å². The predicted molar refractivity (Wildman–Crippen MR) is 78.4 cm³/mol. The van der Waals surface area contributed by atoms with Crippen LogP contribution in [0.25, 0.3) is 0 Å². The maximum absolute atomic E-state index is 11.7. The lowest BCUT2D eigenvalue weighted by Crippen LogP contribution is -2.22. The standard InChI is InChI=1S/C14H14N4O4/c1-21-10-4-2-3-9(7-10)18-11(19)8-22-14(20)12-13(15)17-6-5-16-12/h2-7H,8H2,1H3,(H2,15,17)(H,18,19). The third-order valence-corrected chi connectivity index (χ3v) is 2.61. The third-order valence-electron chi connectivity index (χ3n) is 2.61. The number of benzene rings is 1. The van der Waals surface area contributed by atoms with Crippen molar-refractivity contribution in [3.05, 3.63) is 42.4 Å². The number of rotatable bonds is 5. The van der Waals surface area contributed by atoms with Crippen LogP contribution in [0.4, 0.5) is 11.5 Å². The lowest BCUT2D eigenvalue weighted by Gasteiger charge is -2.08. The van der Waals surface area contributed by atoms with Crippen LogP contribution in [0.15, 0.2) is 36.7 Å². The molecule has 1 heterocycles. The van der Waals surface area contributed by atoms with Gasteiger partial charge in [0.25, 0.3) is 5.91 Å². The summed E-state index contributed by atoms with van der Waals surface area (Å²) >= 11 is 0. The summed E-state index contributed by atoms with van der Waals surface area (Å²) in [4.78, 5) is 30.9. The minimum absolute atomic E-state index is 0.0549. The Labute approximate surface area is 126 Å². The second-order valence-electron chi connectivity index (χ2n) is 4.15. The summed E-state index contributed by atoms with van der Waals surface area (Å²) < 4.78 is 9.87. The summed E-state index contributed by atoms with van der Waals surface area (Å²) in [6.07, 6.45) is 2.66. The van der Waals surface area contributed by atoms with Crippen LogP contribution in [0, 0.1) is 0 Å². The maximum atomic E-state index is 11.7. The van der Waals surface area contributed by atoms with E-state index in [1.165, 1.54) is 19.5 Å². The number of nitrogen functional groups attached to an aromatic ring is 1. The van der Waals surface area contributed by atoms with Crippen molar-refractivity contribution in [3.8, 4) is 5.75 Å². The molecule has 1 aromatic heterocycles. The van der Waals surface area contributed by atoms with E-state index >= 15 is 0 Å². The highest BCUT2D eigenvalue weighted by Crippen LogP contribution is 2.16. The molecular formula is C14H14N4O4. The molecule has 0 spiro atoms. The zero-order chi connectivity index (χ0) is 15.9. The molecule has 0 aliphatic rings. The number of hydrogen-bond acceptors (Lipinski definition) is 7. The number of nitrogens with two attached hydrogens (primary N) is 1. The lowest BCUT2D eigenvalue weighted by atomic mass is 10.3. The molecule has 0 aliphatic carbocycles. The number of ether oxygens (including phenoxy) is 2. The molecule has 3 N–H and O–H groups in total. The quantitative estimate of drug-likeness (QED) is 0.787. The van der Waals surface area contributed by atoms with Gasteiger partial charge in [0.15, 0.2) is 18.1 Å². The molecule has 22 heavy (non-hydrogen) atoms. The number of anilines is 2. The average molecular weight is 302 g/mol. The molecule has 0 aliphatic heterocycles. The lowest BCUT2D eigenvalue weighted by molar-refractivity contribution is -0.119. The largest absolute Gasteiger partial charge is 0.497 e. The highest BCUT2D eigenvalue weighted by molar-refractivity contribution is 5.96. The topological polar surface area (TPSA) is 116 Å². The summed E-state index contributed by atoms with van der Waals surface area (Å²) in [7, 11) is 1.52. The molecule has 0 radical (unpaired) electrons. The zero-order valence-corrected chi connectivity index (χ0v) is 11.8. The summed E-state index contributed by atoms with van der Waals surface area (Å²) in [6.45, 7) is -0.466. The molecule has 0 saturated carbocycles. The Morgan fingerprint density at radius 3 is 2.77 bits per heavy atom. The number of nitrogens with zero attached hydrogens (tertiary/aromatic N) is 2. The van der Waals surface area contributed by atoms with E-state index < -0.39 is 18.5 Å². The highest BCUT2D eigenvalue weighted by atomic mass is 16.5. The number of aromatic nitrogens is 2. The minimum Gasteiger partial charge on any atom is -0.497 e. The first-order chi connectivity index (χ1) is 10.6. The molecule has 0 fully saturated rings. The fraction of sp³-hybridized carbons (Fsp3) is 0.143. The van der Waals surface area contributed by atoms with Crippen LogP contribution in [-0.4, -0.2) is 35.6 Å². The maximum Gasteiger partial charge on any atom is 0.361 e. The molecule has 0 bridgehead atoms. The van der Waals surface area contributed by atoms with Crippen LogP contribution in [0.2, 0.25) is 0 Å².